The normalized spacial score (nSPS) is 14.6. The van der Waals surface area contributed by atoms with Crippen molar-refractivity contribution in [2.24, 2.45) is 5.10 Å². The van der Waals surface area contributed by atoms with Crippen LogP contribution in [0.25, 0.3) is 6.08 Å². The fourth-order valence-electron chi connectivity index (χ4n) is 3.24. The number of methoxy groups -OCH3 is 1. The molecular weight excluding hydrogens is 402 g/mol. The van der Waals surface area contributed by atoms with E-state index in [1.807, 2.05) is 31.2 Å². The van der Waals surface area contributed by atoms with Crippen molar-refractivity contribution in [2.75, 3.05) is 24.0 Å². The van der Waals surface area contributed by atoms with Gasteiger partial charge in [0.1, 0.15) is 5.69 Å². The topological polar surface area (TPSA) is 91.2 Å². The lowest BCUT2D eigenvalue weighted by Crippen LogP contribution is -2.36. The largest absolute Gasteiger partial charge is 0.504 e. The molecule has 7 nitrogen and oxygen atoms in total. The van der Waals surface area contributed by atoms with E-state index in [0.717, 1.165) is 22.2 Å². The van der Waals surface area contributed by atoms with Gasteiger partial charge in [0.05, 0.1) is 29.6 Å². The second-order valence-electron chi connectivity index (χ2n) is 6.51. The number of hydrogen-bond acceptors (Lipinski definition) is 8. The summed E-state index contributed by atoms with van der Waals surface area (Å²) in [5.41, 5.74) is 3.41. The van der Waals surface area contributed by atoms with Crippen molar-refractivity contribution < 1.29 is 9.84 Å². The second-order valence-corrected chi connectivity index (χ2v) is 7.57. The average Bonchev–Trinajstić information content (AvgIpc) is 3.13. The number of hydrogen-bond donors (Lipinski definition) is 2. The van der Waals surface area contributed by atoms with Crippen molar-refractivity contribution in [3.8, 4) is 11.5 Å². The van der Waals surface area contributed by atoms with E-state index in [4.69, 9.17) is 4.74 Å². The van der Waals surface area contributed by atoms with Crippen molar-refractivity contribution in [1.29, 1.82) is 0 Å². The molecule has 0 fully saturated rings. The zero-order valence-electron chi connectivity index (χ0n) is 16.4. The molecule has 0 spiro atoms. The number of fused-ring (bicyclic) bond motifs is 1. The fourth-order valence-corrected chi connectivity index (χ4v) is 4.41. The fraction of sp³-hybridized carbons (Fsp3) is 0.136. The minimum Gasteiger partial charge on any atom is -0.504 e. The molecule has 0 atom stereocenters. The van der Waals surface area contributed by atoms with E-state index in [1.165, 1.54) is 13.3 Å². The molecule has 1 aliphatic heterocycles. The predicted octanol–water partition coefficient (Wildman–Crippen LogP) is 3.37. The van der Waals surface area contributed by atoms with Gasteiger partial charge in [0.2, 0.25) is 5.43 Å². The van der Waals surface area contributed by atoms with Gasteiger partial charge in [-0.25, -0.2) is 0 Å². The van der Waals surface area contributed by atoms with Gasteiger partial charge in [0.25, 0.3) is 5.43 Å². The Morgan fingerprint density at radius 3 is 2.73 bits per heavy atom. The summed E-state index contributed by atoms with van der Waals surface area (Å²) >= 11 is 1.55. The summed E-state index contributed by atoms with van der Waals surface area (Å²) in [7, 11) is 1.45. The van der Waals surface area contributed by atoms with Crippen LogP contribution in [0.3, 0.4) is 0 Å². The molecule has 4 rings (SSSR count). The molecule has 1 aliphatic rings. The quantitative estimate of drug-likeness (QED) is 0.358. The minimum absolute atomic E-state index is 0.0587. The highest BCUT2D eigenvalue weighted by atomic mass is 32.2. The number of phenols is 1. The molecule has 30 heavy (non-hydrogen) atoms. The highest BCUT2D eigenvalue weighted by Gasteiger charge is 2.26. The Morgan fingerprint density at radius 2 is 1.97 bits per heavy atom. The lowest BCUT2D eigenvalue weighted by Gasteiger charge is -2.18. The zero-order chi connectivity index (χ0) is 21.3. The molecule has 0 amide bonds. The molecule has 3 aromatic rings. The molecule has 0 bridgehead atoms. The number of thioether (sulfide) groups is 1. The van der Waals surface area contributed by atoms with E-state index in [0.29, 0.717) is 16.9 Å². The summed E-state index contributed by atoms with van der Waals surface area (Å²) in [5.74, 6) is 0.257. The summed E-state index contributed by atoms with van der Waals surface area (Å²) in [4.78, 5) is 27.4. The van der Waals surface area contributed by atoms with Gasteiger partial charge in [-0.05, 0) is 37.3 Å². The maximum Gasteiger partial charge on any atom is 0.252 e. The molecule has 8 heteroatoms. The number of rotatable bonds is 6. The molecule has 0 aliphatic carbocycles. The van der Waals surface area contributed by atoms with Crippen molar-refractivity contribution in [2.45, 2.75) is 11.8 Å². The Balaban J connectivity index is 1.59. The first-order valence-corrected chi connectivity index (χ1v) is 10.1. The van der Waals surface area contributed by atoms with E-state index >= 15 is 0 Å². The first kappa shape index (κ1) is 19.8. The Morgan fingerprint density at radius 1 is 1.17 bits per heavy atom. The number of ether oxygens (including phenoxy) is 1. The lowest BCUT2D eigenvalue weighted by atomic mass is 10.1. The van der Waals surface area contributed by atoms with Crippen LogP contribution in [0.15, 0.2) is 67.1 Å². The van der Waals surface area contributed by atoms with Gasteiger partial charge in [-0.3, -0.25) is 15.0 Å². The van der Waals surface area contributed by atoms with Crippen molar-refractivity contribution in [1.82, 2.24) is 0 Å². The number of nitrogens with one attached hydrogen (secondary N) is 1. The van der Waals surface area contributed by atoms with Gasteiger partial charge in [0.15, 0.2) is 11.5 Å². The van der Waals surface area contributed by atoms with Crippen molar-refractivity contribution >= 4 is 35.4 Å². The predicted molar refractivity (Wildman–Crippen MR) is 121 cm³/mol. The van der Waals surface area contributed by atoms with Gasteiger partial charge in [0, 0.05) is 17.0 Å². The summed E-state index contributed by atoms with van der Waals surface area (Å²) in [6.07, 6.45) is 3.09. The van der Waals surface area contributed by atoms with E-state index in [1.54, 1.807) is 36.0 Å². The third kappa shape index (κ3) is 3.35. The van der Waals surface area contributed by atoms with E-state index < -0.39 is 10.9 Å². The molecule has 0 saturated heterocycles. The summed E-state index contributed by atoms with van der Waals surface area (Å²) in [6, 6.07) is 13.0. The number of benzene rings is 2. The molecule has 1 heterocycles. The maximum atomic E-state index is 12.2. The molecular formula is C22H19N3O4S. The Bertz CT molecular complexity index is 1240. The third-order valence-electron chi connectivity index (χ3n) is 4.80. The van der Waals surface area contributed by atoms with Gasteiger partial charge in [-0.1, -0.05) is 30.0 Å². The molecule has 152 valence electrons. The molecule has 0 aromatic heterocycles. The number of anilines is 2. The van der Waals surface area contributed by atoms with Crippen LogP contribution in [-0.4, -0.2) is 25.0 Å². The highest BCUT2D eigenvalue weighted by molar-refractivity contribution is 8.03. The van der Waals surface area contributed by atoms with Gasteiger partial charge in [-0.2, -0.15) is 5.10 Å². The average molecular weight is 421 g/mol. The first-order chi connectivity index (χ1) is 14.5. The van der Waals surface area contributed by atoms with Crippen LogP contribution in [0.2, 0.25) is 0 Å². The van der Waals surface area contributed by atoms with Crippen LogP contribution >= 0.6 is 11.8 Å². The van der Waals surface area contributed by atoms with Crippen LogP contribution in [-0.2, 0) is 0 Å². The Labute approximate surface area is 177 Å². The van der Waals surface area contributed by atoms with Gasteiger partial charge < -0.3 is 14.7 Å². The standard InChI is InChI=1S/C22H19N3O4S/c1-3-25-15-8-4-5-10-17(15)30-18(25)11-14-19(22(28)21(14)27)24-23-12-13-7-6-9-16(29-2)20(13)26/h4-12,24,26H,3H2,1-2H3. The second kappa shape index (κ2) is 8.08. The van der Waals surface area contributed by atoms with Crippen molar-refractivity contribution in [3.63, 3.8) is 0 Å². The Hall–Kier alpha value is -3.52. The zero-order valence-corrected chi connectivity index (χ0v) is 17.2. The monoisotopic (exact) mass is 421 g/mol. The van der Waals surface area contributed by atoms with Gasteiger partial charge in [-0.15, -0.1) is 0 Å². The molecule has 2 N–H and O–H groups in total. The van der Waals surface area contributed by atoms with Crippen LogP contribution in [0.1, 0.15) is 18.1 Å². The van der Waals surface area contributed by atoms with E-state index in [2.05, 4.69) is 15.4 Å². The lowest BCUT2D eigenvalue weighted by molar-refractivity contribution is 0.373. The number of phenolic OH excluding ortho intramolecular Hbond substituents is 1. The van der Waals surface area contributed by atoms with E-state index in [-0.39, 0.29) is 11.4 Å². The first-order valence-electron chi connectivity index (χ1n) is 9.29. The molecule has 3 aromatic carbocycles. The smallest absolute Gasteiger partial charge is 0.252 e. The summed E-state index contributed by atoms with van der Waals surface area (Å²) in [6.45, 7) is 2.77. The summed E-state index contributed by atoms with van der Waals surface area (Å²) < 4.78 is 5.06. The Kier molecular flexibility index (Phi) is 5.33. The van der Waals surface area contributed by atoms with E-state index in [9.17, 15) is 14.7 Å². The van der Waals surface area contributed by atoms with Crippen LogP contribution in [0, 0.1) is 0 Å². The van der Waals surface area contributed by atoms with Crippen LogP contribution in [0.5, 0.6) is 11.5 Å². The summed E-state index contributed by atoms with van der Waals surface area (Å²) in [5, 5.41) is 15.0. The van der Waals surface area contributed by atoms with Crippen LogP contribution < -0.4 is 25.9 Å². The maximum absolute atomic E-state index is 12.2. The number of para-hydroxylation sites is 2. The van der Waals surface area contributed by atoms with Crippen LogP contribution in [0.4, 0.5) is 11.4 Å². The highest BCUT2D eigenvalue weighted by Crippen LogP contribution is 2.46. The number of nitrogens with zero attached hydrogens (tertiary/aromatic N) is 2. The minimum atomic E-state index is -0.613. The van der Waals surface area contributed by atoms with Crippen molar-refractivity contribution in [3.05, 3.63) is 79.1 Å². The molecule has 0 saturated carbocycles. The SMILES string of the molecule is CCN1C(=Cc2c(NN=Cc3cccc(OC)c3O)c(=O)c2=O)Sc2ccccc21. The number of aromatic hydroxyl groups is 1. The van der Waals surface area contributed by atoms with Gasteiger partial charge >= 0.3 is 0 Å². The third-order valence-corrected chi connectivity index (χ3v) is 5.91. The number of hydrazone groups is 1. The molecule has 0 radical (unpaired) electrons. The molecule has 0 unspecified atom stereocenters.